The highest BCUT2D eigenvalue weighted by atomic mass is 32.1. The predicted molar refractivity (Wildman–Crippen MR) is 71.9 cm³/mol. The summed E-state index contributed by atoms with van der Waals surface area (Å²) in [5, 5.41) is 14.3. The summed E-state index contributed by atoms with van der Waals surface area (Å²) in [4.78, 5) is 25.6. The lowest BCUT2D eigenvalue weighted by Gasteiger charge is -2.04. The van der Waals surface area contributed by atoms with Crippen LogP contribution in [0.1, 0.15) is 0 Å². The van der Waals surface area contributed by atoms with Crippen molar-refractivity contribution in [3.8, 4) is 11.3 Å². The third kappa shape index (κ3) is 4.30. The van der Waals surface area contributed by atoms with Crippen molar-refractivity contribution in [2.75, 3.05) is 18.5 Å². The van der Waals surface area contributed by atoms with Gasteiger partial charge in [0.15, 0.2) is 16.8 Å². The van der Waals surface area contributed by atoms with Crippen LogP contribution in [-0.2, 0) is 14.3 Å². The van der Waals surface area contributed by atoms with Gasteiger partial charge in [-0.15, -0.1) is 11.3 Å². The minimum absolute atomic E-state index is 0.224. The molecule has 0 aliphatic heterocycles. The van der Waals surface area contributed by atoms with E-state index in [4.69, 9.17) is 0 Å². The first-order valence-corrected chi connectivity index (χ1v) is 6.82. The number of amides is 1. The average Bonchev–Trinajstić information content (AvgIpc) is 2.90. The van der Waals surface area contributed by atoms with Crippen molar-refractivity contribution in [3.05, 3.63) is 35.2 Å². The number of carbonyl (C=O) groups is 2. The Morgan fingerprint density at radius 2 is 2.05 bits per heavy atom. The number of nitrogens with zero attached hydrogens (tertiary/aromatic N) is 1. The number of thiazole rings is 1. The van der Waals surface area contributed by atoms with Gasteiger partial charge in [-0.25, -0.2) is 13.8 Å². The fourth-order valence-electron chi connectivity index (χ4n) is 1.50. The maximum absolute atomic E-state index is 13.1. The number of carbonyl (C=O) groups excluding carboxylic acids is 2. The molecule has 1 aromatic carbocycles. The molecule has 22 heavy (non-hydrogen) atoms. The van der Waals surface area contributed by atoms with E-state index in [0.29, 0.717) is 11.3 Å². The molecule has 0 unspecified atom stereocenters. The molecular weight excluding hydrogens is 318 g/mol. The summed E-state index contributed by atoms with van der Waals surface area (Å²) in [5.41, 5.74) is 0.735. The SMILES string of the molecule is O=C([O-])COCC(=O)Nc1nc(-c2ccc(F)c(F)c2)cs1. The van der Waals surface area contributed by atoms with E-state index in [2.05, 4.69) is 15.0 Å². The Bertz CT molecular complexity index is 705. The van der Waals surface area contributed by atoms with Gasteiger partial charge in [-0.1, -0.05) is 0 Å². The monoisotopic (exact) mass is 327 g/mol. The highest BCUT2D eigenvalue weighted by molar-refractivity contribution is 7.14. The number of carboxylic acid groups (broad SMARTS) is 1. The number of benzene rings is 1. The van der Waals surface area contributed by atoms with Gasteiger partial charge in [0.2, 0.25) is 0 Å². The van der Waals surface area contributed by atoms with Gasteiger partial charge in [0, 0.05) is 10.9 Å². The van der Waals surface area contributed by atoms with E-state index in [1.54, 1.807) is 5.38 Å². The Balaban J connectivity index is 1.97. The smallest absolute Gasteiger partial charge is 0.252 e. The summed E-state index contributed by atoms with van der Waals surface area (Å²) in [5.74, 6) is -3.97. The van der Waals surface area contributed by atoms with Gasteiger partial charge in [-0.2, -0.15) is 0 Å². The van der Waals surface area contributed by atoms with Gasteiger partial charge in [0.25, 0.3) is 5.91 Å². The van der Waals surface area contributed by atoms with Crippen molar-refractivity contribution in [1.82, 2.24) is 4.98 Å². The van der Waals surface area contributed by atoms with Crippen LogP contribution < -0.4 is 10.4 Å². The van der Waals surface area contributed by atoms with E-state index in [1.807, 2.05) is 0 Å². The largest absolute Gasteiger partial charge is 0.548 e. The third-order valence-electron chi connectivity index (χ3n) is 2.42. The number of rotatable bonds is 6. The third-order valence-corrected chi connectivity index (χ3v) is 3.18. The van der Waals surface area contributed by atoms with Crippen LogP contribution in [0, 0.1) is 11.6 Å². The summed E-state index contributed by atoms with van der Waals surface area (Å²) in [6.07, 6.45) is 0. The van der Waals surface area contributed by atoms with Crippen molar-refractivity contribution in [2.24, 2.45) is 0 Å². The highest BCUT2D eigenvalue weighted by Crippen LogP contribution is 2.25. The molecule has 0 atom stereocenters. The molecule has 0 aliphatic rings. The zero-order chi connectivity index (χ0) is 16.1. The fourth-order valence-corrected chi connectivity index (χ4v) is 2.24. The molecule has 1 N–H and O–H groups in total. The minimum Gasteiger partial charge on any atom is -0.548 e. The number of hydrogen-bond acceptors (Lipinski definition) is 6. The van der Waals surface area contributed by atoms with E-state index in [9.17, 15) is 23.5 Å². The Morgan fingerprint density at radius 3 is 2.73 bits per heavy atom. The number of anilines is 1. The van der Waals surface area contributed by atoms with E-state index >= 15 is 0 Å². The van der Waals surface area contributed by atoms with Crippen LogP contribution in [0.5, 0.6) is 0 Å². The molecular formula is C13H9F2N2O4S-. The van der Waals surface area contributed by atoms with Gasteiger partial charge in [-0.05, 0) is 18.2 Å². The van der Waals surface area contributed by atoms with Gasteiger partial charge in [-0.3, -0.25) is 10.1 Å². The summed E-state index contributed by atoms with van der Waals surface area (Å²) >= 11 is 1.08. The minimum atomic E-state index is -1.43. The first-order valence-electron chi connectivity index (χ1n) is 5.94. The zero-order valence-corrected chi connectivity index (χ0v) is 11.8. The van der Waals surface area contributed by atoms with Crippen molar-refractivity contribution < 1.29 is 28.2 Å². The van der Waals surface area contributed by atoms with Crippen LogP contribution in [0.15, 0.2) is 23.6 Å². The Morgan fingerprint density at radius 1 is 1.27 bits per heavy atom. The van der Waals surface area contributed by atoms with Crippen molar-refractivity contribution in [3.63, 3.8) is 0 Å². The van der Waals surface area contributed by atoms with Crippen molar-refractivity contribution in [1.29, 1.82) is 0 Å². The molecule has 2 aromatic rings. The van der Waals surface area contributed by atoms with Crippen molar-refractivity contribution in [2.45, 2.75) is 0 Å². The second-order valence-electron chi connectivity index (χ2n) is 4.08. The molecule has 0 aliphatic carbocycles. The average molecular weight is 327 g/mol. The lowest BCUT2D eigenvalue weighted by Crippen LogP contribution is -2.29. The quantitative estimate of drug-likeness (QED) is 0.847. The van der Waals surface area contributed by atoms with Crippen molar-refractivity contribution >= 4 is 28.3 Å². The first kappa shape index (κ1) is 16.0. The second kappa shape index (κ2) is 7.05. The van der Waals surface area contributed by atoms with Crippen LogP contribution in [0.25, 0.3) is 11.3 Å². The van der Waals surface area contributed by atoms with Gasteiger partial charge in [0.1, 0.15) is 6.61 Å². The van der Waals surface area contributed by atoms with Crippen LogP contribution in [0.2, 0.25) is 0 Å². The van der Waals surface area contributed by atoms with Gasteiger partial charge < -0.3 is 14.6 Å². The number of aliphatic carboxylic acids is 1. The summed E-state index contributed by atoms with van der Waals surface area (Å²) in [6.45, 7) is -1.15. The molecule has 0 radical (unpaired) electrons. The number of carboxylic acids is 1. The summed E-state index contributed by atoms with van der Waals surface area (Å²) in [6, 6.07) is 3.34. The molecule has 2 rings (SSSR count). The zero-order valence-electron chi connectivity index (χ0n) is 11.0. The Labute approximate surface area is 127 Å². The molecule has 0 bridgehead atoms. The molecule has 116 valence electrons. The first-order chi connectivity index (χ1) is 10.5. The second-order valence-corrected chi connectivity index (χ2v) is 4.94. The molecule has 9 heteroatoms. The molecule has 0 saturated carbocycles. The molecule has 6 nitrogen and oxygen atoms in total. The number of ether oxygens (including phenoxy) is 1. The van der Waals surface area contributed by atoms with Gasteiger partial charge in [0.05, 0.1) is 18.3 Å². The maximum atomic E-state index is 13.1. The fraction of sp³-hybridized carbons (Fsp3) is 0.154. The normalized spacial score (nSPS) is 10.5. The molecule has 1 amide bonds. The standard InChI is InChI=1S/C13H10F2N2O4S/c14-8-2-1-7(3-9(8)15)10-6-22-13(16-10)17-11(18)4-21-5-12(19)20/h1-3,6H,4-5H2,(H,19,20)(H,16,17,18)/p-1. The lowest BCUT2D eigenvalue weighted by molar-refractivity contribution is -0.309. The number of aromatic nitrogens is 1. The van der Waals surface area contributed by atoms with E-state index in [-0.39, 0.29) is 5.13 Å². The lowest BCUT2D eigenvalue weighted by atomic mass is 10.2. The summed E-state index contributed by atoms with van der Waals surface area (Å²) < 4.78 is 30.6. The predicted octanol–water partition coefficient (Wildman–Crippen LogP) is 0.793. The number of halogens is 2. The molecule has 0 fully saturated rings. The Hall–Kier alpha value is -2.39. The van der Waals surface area contributed by atoms with E-state index in [0.717, 1.165) is 23.5 Å². The Kier molecular flexibility index (Phi) is 5.12. The van der Waals surface area contributed by atoms with E-state index < -0.39 is 36.7 Å². The number of nitrogens with one attached hydrogen (secondary N) is 1. The number of hydrogen-bond donors (Lipinski definition) is 1. The van der Waals surface area contributed by atoms with Crippen LogP contribution in [0.3, 0.4) is 0 Å². The molecule has 0 saturated heterocycles. The van der Waals surface area contributed by atoms with E-state index in [1.165, 1.54) is 6.07 Å². The highest BCUT2D eigenvalue weighted by Gasteiger charge is 2.10. The van der Waals surface area contributed by atoms with Gasteiger partial charge >= 0.3 is 0 Å². The molecule has 1 heterocycles. The maximum Gasteiger partial charge on any atom is 0.252 e. The molecule has 1 aromatic heterocycles. The van der Waals surface area contributed by atoms with Crippen LogP contribution in [0.4, 0.5) is 13.9 Å². The van der Waals surface area contributed by atoms with Crippen LogP contribution >= 0.6 is 11.3 Å². The molecule has 0 spiro atoms. The topological polar surface area (TPSA) is 91.4 Å². The van der Waals surface area contributed by atoms with Crippen LogP contribution in [-0.4, -0.2) is 30.1 Å². The summed E-state index contributed by atoms with van der Waals surface area (Å²) in [7, 11) is 0.